The van der Waals surface area contributed by atoms with Gasteiger partial charge in [0.15, 0.2) is 9.84 Å². The minimum Gasteiger partial charge on any atom is -0.491 e. The molecule has 1 saturated heterocycles. The van der Waals surface area contributed by atoms with Crippen LogP contribution in [0.15, 0.2) is 60.7 Å². The van der Waals surface area contributed by atoms with Crippen LogP contribution in [0.3, 0.4) is 0 Å². The molecule has 0 bridgehead atoms. The van der Waals surface area contributed by atoms with Crippen LogP contribution >= 0.6 is 0 Å². The SMILES string of the molecule is CCO[C@@H](CC(=O)O)c1ccc(OCc2cccc(-c3c(C)cc(OCC4(O)CCS(=O)(=O)CC4)cc3C)c2)cc1. The Morgan fingerprint density at radius 3 is 2.22 bits per heavy atom. The van der Waals surface area contributed by atoms with Crippen molar-refractivity contribution in [2.75, 3.05) is 24.7 Å². The second kappa shape index (κ2) is 13.1. The summed E-state index contributed by atoms with van der Waals surface area (Å²) >= 11 is 0. The number of aryl methyl sites for hydroxylation is 2. The Hall–Kier alpha value is -3.40. The maximum absolute atomic E-state index is 11.7. The number of carbonyl (C=O) groups is 1. The minimum atomic E-state index is -3.07. The van der Waals surface area contributed by atoms with Gasteiger partial charge in [-0.3, -0.25) is 4.79 Å². The van der Waals surface area contributed by atoms with E-state index in [4.69, 9.17) is 19.3 Å². The molecule has 0 amide bonds. The first-order chi connectivity index (χ1) is 19.5. The van der Waals surface area contributed by atoms with Crippen LogP contribution in [0.4, 0.5) is 0 Å². The van der Waals surface area contributed by atoms with Crippen molar-refractivity contribution in [3.63, 3.8) is 0 Å². The second-order valence-electron chi connectivity index (χ2n) is 10.7. The number of aliphatic hydroxyl groups is 1. The molecule has 1 fully saturated rings. The van der Waals surface area contributed by atoms with Gasteiger partial charge in [-0.25, -0.2) is 8.42 Å². The summed E-state index contributed by atoms with van der Waals surface area (Å²) in [6.45, 7) is 6.72. The lowest BCUT2D eigenvalue weighted by Crippen LogP contribution is -2.43. The molecule has 41 heavy (non-hydrogen) atoms. The fourth-order valence-electron chi connectivity index (χ4n) is 5.14. The van der Waals surface area contributed by atoms with Crippen molar-refractivity contribution in [2.45, 2.75) is 58.3 Å². The molecule has 1 atom stereocenters. The van der Waals surface area contributed by atoms with Crippen LogP contribution in [0.2, 0.25) is 0 Å². The number of carboxylic acid groups (broad SMARTS) is 1. The summed E-state index contributed by atoms with van der Waals surface area (Å²) in [6.07, 6.45) is -0.227. The van der Waals surface area contributed by atoms with E-state index in [1.54, 1.807) is 0 Å². The van der Waals surface area contributed by atoms with E-state index in [0.29, 0.717) is 24.7 Å². The van der Waals surface area contributed by atoms with Gasteiger partial charge in [-0.05, 0) is 97.3 Å². The molecule has 2 N–H and O–H groups in total. The number of hydrogen-bond acceptors (Lipinski definition) is 7. The zero-order valence-corrected chi connectivity index (χ0v) is 24.6. The van der Waals surface area contributed by atoms with Crippen molar-refractivity contribution in [1.29, 1.82) is 0 Å². The molecule has 0 spiro atoms. The third kappa shape index (κ3) is 8.31. The van der Waals surface area contributed by atoms with Crippen molar-refractivity contribution < 1.29 is 37.6 Å². The molecule has 0 radical (unpaired) electrons. The topological polar surface area (TPSA) is 119 Å². The van der Waals surface area contributed by atoms with E-state index < -0.39 is 27.5 Å². The molecule has 0 aromatic heterocycles. The van der Waals surface area contributed by atoms with Gasteiger partial charge in [-0.15, -0.1) is 0 Å². The molecule has 8 nitrogen and oxygen atoms in total. The normalized spacial score (nSPS) is 16.6. The van der Waals surface area contributed by atoms with Crippen LogP contribution in [0.25, 0.3) is 11.1 Å². The summed E-state index contributed by atoms with van der Waals surface area (Å²) in [7, 11) is -3.07. The Bertz CT molecular complexity index is 1430. The lowest BCUT2D eigenvalue weighted by Gasteiger charge is -2.31. The van der Waals surface area contributed by atoms with E-state index in [1.807, 2.05) is 69.3 Å². The highest BCUT2D eigenvalue weighted by atomic mass is 32.2. The molecule has 0 saturated carbocycles. The highest BCUT2D eigenvalue weighted by Crippen LogP contribution is 2.33. The van der Waals surface area contributed by atoms with Crippen molar-refractivity contribution in [3.8, 4) is 22.6 Å². The highest BCUT2D eigenvalue weighted by molar-refractivity contribution is 7.91. The van der Waals surface area contributed by atoms with Crippen molar-refractivity contribution >= 4 is 15.8 Å². The number of benzene rings is 3. The predicted octanol–water partition coefficient (Wildman–Crippen LogP) is 5.42. The Balaban J connectivity index is 1.40. The van der Waals surface area contributed by atoms with Gasteiger partial charge in [0.1, 0.15) is 30.3 Å². The Labute approximate surface area is 241 Å². The molecule has 9 heteroatoms. The Morgan fingerprint density at radius 2 is 1.61 bits per heavy atom. The number of sulfone groups is 1. The van der Waals surface area contributed by atoms with Crippen LogP contribution < -0.4 is 9.47 Å². The van der Waals surface area contributed by atoms with Crippen LogP contribution in [0, 0.1) is 13.8 Å². The van der Waals surface area contributed by atoms with Crippen LogP contribution in [0.5, 0.6) is 11.5 Å². The van der Waals surface area contributed by atoms with Gasteiger partial charge in [-0.1, -0.05) is 30.3 Å². The van der Waals surface area contributed by atoms with Crippen LogP contribution in [-0.2, 0) is 26.0 Å². The summed E-state index contributed by atoms with van der Waals surface area (Å²) in [5, 5.41) is 19.9. The molecule has 1 aliphatic heterocycles. The molecule has 0 unspecified atom stereocenters. The van der Waals surface area contributed by atoms with Gasteiger partial charge in [0, 0.05) is 6.61 Å². The van der Waals surface area contributed by atoms with E-state index in [9.17, 15) is 18.3 Å². The number of hydrogen-bond donors (Lipinski definition) is 2. The zero-order chi connectivity index (χ0) is 29.6. The first kappa shape index (κ1) is 30.6. The van der Waals surface area contributed by atoms with Gasteiger partial charge < -0.3 is 24.4 Å². The van der Waals surface area contributed by atoms with E-state index >= 15 is 0 Å². The molecule has 4 rings (SSSR count). The molecular formula is C32H38O8S. The van der Waals surface area contributed by atoms with E-state index in [0.717, 1.165) is 33.4 Å². The molecular weight excluding hydrogens is 544 g/mol. The van der Waals surface area contributed by atoms with Gasteiger partial charge in [0.2, 0.25) is 0 Å². The molecule has 3 aromatic rings. The van der Waals surface area contributed by atoms with Crippen molar-refractivity contribution in [2.24, 2.45) is 0 Å². The van der Waals surface area contributed by atoms with E-state index in [-0.39, 0.29) is 37.4 Å². The average molecular weight is 583 g/mol. The second-order valence-corrected chi connectivity index (χ2v) is 13.0. The maximum Gasteiger partial charge on any atom is 0.306 e. The third-order valence-electron chi connectivity index (χ3n) is 7.37. The number of carboxylic acids is 1. The molecule has 220 valence electrons. The van der Waals surface area contributed by atoms with E-state index in [1.165, 1.54) is 0 Å². The number of ether oxygens (including phenoxy) is 3. The summed E-state index contributed by atoms with van der Waals surface area (Å²) < 4.78 is 41.0. The van der Waals surface area contributed by atoms with E-state index in [2.05, 4.69) is 12.1 Å². The lowest BCUT2D eigenvalue weighted by molar-refractivity contribution is -0.140. The largest absolute Gasteiger partial charge is 0.491 e. The molecule has 0 aliphatic carbocycles. The van der Waals surface area contributed by atoms with Gasteiger partial charge in [0.05, 0.1) is 24.0 Å². The minimum absolute atomic E-state index is 0.0175. The van der Waals surface area contributed by atoms with Crippen LogP contribution in [0.1, 0.15) is 54.5 Å². The van der Waals surface area contributed by atoms with Crippen molar-refractivity contribution in [1.82, 2.24) is 0 Å². The lowest BCUT2D eigenvalue weighted by atomic mass is 9.94. The molecule has 1 heterocycles. The predicted molar refractivity (Wildman–Crippen MR) is 157 cm³/mol. The molecule has 1 aliphatic rings. The van der Waals surface area contributed by atoms with Gasteiger partial charge in [0.25, 0.3) is 0 Å². The standard InChI is InChI=1S/C32H38O8S/c1-4-38-29(19-30(33)34)25-8-10-27(11-9-25)39-20-24-6-5-7-26(18-24)31-22(2)16-28(17-23(31)3)40-21-32(35)12-14-41(36,37)15-13-32/h5-11,16-18,29,35H,4,12-15,19-21H2,1-3H3,(H,33,34)/t29-/m0/s1. The highest BCUT2D eigenvalue weighted by Gasteiger charge is 2.36. The molecule has 3 aromatic carbocycles. The number of rotatable bonds is 12. The summed E-state index contributed by atoms with van der Waals surface area (Å²) in [5.41, 5.74) is 4.85. The van der Waals surface area contributed by atoms with Gasteiger partial charge in [-0.2, -0.15) is 0 Å². The average Bonchev–Trinajstić information content (AvgIpc) is 2.93. The van der Waals surface area contributed by atoms with Crippen LogP contribution in [-0.4, -0.2) is 54.9 Å². The monoisotopic (exact) mass is 582 g/mol. The smallest absolute Gasteiger partial charge is 0.306 e. The third-order valence-corrected chi connectivity index (χ3v) is 9.02. The fourth-order valence-corrected chi connectivity index (χ4v) is 6.72. The van der Waals surface area contributed by atoms with Crippen molar-refractivity contribution in [3.05, 3.63) is 82.9 Å². The summed E-state index contributed by atoms with van der Waals surface area (Å²) in [5.74, 6) is 0.375. The zero-order valence-electron chi connectivity index (χ0n) is 23.8. The first-order valence-corrected chi connectivity index (χ1v) is 15.6. The number of aliphatic carboxylic acids is 1. The first-order valence-electron chi connectivity index (χ1n) is 13.8. The quantitative estimate of drug-likeness (QED) is 0.291. The summed E-state index contributed by atoms with van der Waals surface area (Å²) in [6, 6.07) is 19.3. The Kier molecular flexibility index (Phi) is 9.73. The Morgan fingerprint density at radius 1 is 0.951 bits per heavy atom. The maximum atomic E-state index is 11.7. The van der Waals surface area contributed by atoms with Gasteiger partial charge >= 0.3 is 5.97 Å². The fraction of sp³-hybridized carbons (Fsp3) is 0.406. The summed E-state index contributed by atoms with van der Waals surface area (Å²) in [4.78, 5) is 11.2.